The number of aromatic nitrogens is 1. The normalized spacial score (nSPS) is 10.5. The van der Waals surface area contributed by atoms with Crippen molar-refractivity contribution in [2.24, 2.45) is 0 Å². The first-order valence-electron chi connectivity index (χ1n) is 7.46. The summed E-state index contributed by atoms with van der Waals surface area (Å²) in [4.78, 5) is 15.2. The van der Waals surface area contributed by atoms with Crippen LogP contribution in [-0.4, -0.2) is 17.9 Å². The smallest absolute Gasteiger partial charge is 0.226 e. The summed E-state index contributed by atoms with van der Waals surface area (Å²) >= 11 is 0. The van der Waals surface area contributed by atoms with Gasteiger partial charge in [-0.25, -0.2) is 4.98 Å². The zero-order chi connectivity index (χ0) is 16.1. The summed E-state index contributed by atoms with van der Waals surface area (Å²) in [7, 11) is 0. The zero-order valence-electron chi connectivity index (χ0n) is 12.9. The Balaban J connectivity index is 1.62. The molecular formula is C19H17NO3. The van der Waals surface area contributed by atoms with Gasteiger partial charge in [-0.1, -0.05) is 18.2 Å². The highest BCUT2D eigenvalue weighted by atomic mass is 16.5. The number of carbonyl (C=O) groups is 1. The standard InChI is InChI=1S/C19H17NO3/c1-14-18(20-19(23-14)16-5-3-2-4-6-16)11-12-22-17-9-7-15(13-21)8-10-17/h2-10,13H,11-12H2,1H3. The highest BCUT2D eigenvalue weighted by Crippen LogP contribution is 2.21. The molecule has 1 aromatic heterocycles. The number of aryl methyl sites for hydroxylation is 1. The van der Waals surface area contributed by atoms with Crippen molar-refractivity contribution in [3.63, 3.8) is 0 Å². The monoisotopic (exact) mass is 307 g/mol. The van der Waals surface area contributed by atoms with Crippen molar-refractivity contribution in [2.45, 2.75) is 13.3 Å². The van der Waals surface area contributed by atoms with E-state index in [-0.39, 0.29) is 0 Å². The third-order valence-corrected chi connectivity index (χ3v) is 3.54. The van der Waals surface area contributed by atoms with Crippen molar-refractivity contribution in [2.75, 3.05) is 6.61 Å². The van der Waals surface area contributed by atoms with Crippen LogP contribution in [0.3, 0.4) is 0 Å². The minimum Gasteiger partial charge on any atom is -0.493 e. The lowest BCUT2D eigenvalue weighted by Crippen LogP contribution is -2.02. The maximum atomic E-state index is 10.6. The van der Waals surface area contributed by atoms with E-state index in [9.17, 15) is 4.79 Å². The molecule has 4 nitrogen and oxygen atoms in total. The van der Waals surface area contributed by atoms with Crippen LogP contribution in [0, 0.1) is 6.92 Å². The predicted molar refractivity (Wildman–Crippen MR) is 87.7 cm³/mol. The maximum Gasteiger partial charge on any atom is 0.226 e. The topological polar surface area (TPSA) is 52.3 Å². The van der Waals surface area contributed by atoms with Crippen LogP contribution < -0.4 is 4.74 Å². The molecule has 0 saturated carbocycles. The molecule has 2 aromatic carbocycles. The molecule has 0 unspecified atom stereocenters. The Morgan fingerprint density at radius 1 is 1.09 bits per heavy atom. The molecule has 0 fully saturated rings. The van der Waals surface area contributed by atoms with Gasteiger partial charge in [0, 0.05) is 17.5 Å². The summed E-state index contributed by atoms with van der Waals surface area (Å²) in [5.74, 6) is 2.18. The molecule has 116 valence electrons. The Kier molecular flexibility index (Phi) is 4.52. The van der Waals surface area contributed by atoms with Crippen LogP contribution in [0.25, 0.3) is 11.5 Å². The molecule has 0 bridgehead atoms. The molecule has 0 amide bonds. The first kappa shape index (κ1) is 15.0. The second-order valence-corrected chi connectivity index (χ2v) is 5.17. The van der Waals surface area contributed by atoms with Gasteiger partial charge in [0.05, 0.1) is 12.3 Å². The number of ether oxygens (including phenoxy) is 1. The highest BCUT2D eigenvalue weighted by Gasteiger charge is 2.11. The molecule has 0 spiro atoms. The van der Waals surface area contributed by atoms with E-state index in [1.54, 1.807) is 24.3 Å². The molecule has 0 N–H and O–H groups in total. The van der Waals surface area contributed by atoms with Gasteiger partial charge in [0.25, 0.3) is 0 Å². The Hall–Kier alpha value is -2.88. The number of aldehydes is 1. The summed E-state index contributed by atoms with van der Waals surface area (Å²) in [6.07, 6.45) is 1.48. The predicted octanol–water partition coefficient (Wildman–Crippen LogP) is 4.08. The van der Waals surface area contributed by atoms with E-state index in [0.29, 0.717) is 24.5 Å². The summed E-state index contributed by atoms with van der Waals surface area (Å²) in [6.45, 7) is 2.41. The number of hydrogen-bond donors (Lipinski definition) is 0. The molecule has 0 aliphatic rings. The van der Waals surface area contributed by atoms with Gasteiger partial charge >= 0.3 is 0 Å². The number of carbonyl (C=O) groups excluding carboxylic acids is 1. The molecule has 23 heavy (non-hydrogen) atoms. The molecular weight excluding hydrogens is 290 g/mol. The van der Waals surface area contributed by atoms with Crippen LogP contribution in [-0.2, 0) is 6.42 Å². The maximum absolute atomic E-state index is 10.6. The van der Waals surface area contributed by atoms with Crippen molar-refractivity contribution in [1.82, 2.24) is 4.98 Å². The minimum absolute atomic E-state index is 0.502. The van der Waals surface area contributed by atoms with Crippen LogP contribution >= 0.6 is 0 Å². The van der Waals surface area contributed by atoms with Crippen LogP contribution in [0.1, 0.15) is 21.8 Å². The van der Waals surface area contributed by atoms with E-state index in [0.717, 1.165) is 29.1 Å². The quantitative estimate of drug-likeness (QED) is 0.644. The SMILES string of the molecule is Cc1oc(-c2ccccc2)nc1CCOc1ccc(C=O)cc1. The van der Waals surface area contributed by atoms with Crippen LogP contribution in [0.5, 0.6) is 5.75 Å². The fourth-order valence-electron chi connectivity index (χ4n) is 2.27. The fraction of sp³-hybridized carbons (Fsp3) is 0.158. The zero-order valence-corrected chi connectivity index (χ0v) is 12.9. The summed E-state index contributed by atoms with van der Waals surface area (Å²) in [5, 5.41) is 0. The third kappa shape index (κ3) is 3.66. The van der Waals surface area contributed by atoms with Gasteiger partial charge in [-0.2, -0.15) is 0 Å². The van der Waals surface area contributed by atoms with E-state index in [1.807, 2.05) is 37.3 Å². The Labute approximate surface area is 134 Å². The van der Waals surface area contributed by atoms with Gasteiger partial charge in [0.1, 0.15) is 17.8 Å². The summed E-state index contributed by atoms with van der Waals surface area (Å²) in [5.41, 5.74) is 2.50. The average Bonchev–Trinajstić information content (AvgIpc) is 2.97. The lowest BCUT2D eigenvalue weighted by Gasteiger charge is -2.04. The van der Waals surface area contributed by atoms with Crippen LogP contribution in [0.2, 0.25) is 0 Å². The number of nitrogens with zero attached hydrogens (tertiary/aromatic N) is 1. The number of hydrogen-bond acceptors (Lipinski definition) is 4. The minimum atomic E-state index is 0.502. The van der Waals surface area contributed by atoms with Crippen molar-refractivity contribution < 1.29 is 13.9 Å². The van der Waals surface area contributed by atoms with Crippen molar-refractivity contribution in [3.8, 4) is 17.2 Å². The Morgan fingerprint density at radius 3 is 2.52 bits per heavy atom. The molecule has 3 rings (SSSR count). The fourth-order valence-corrected chi connectivity index (χ4v) is 2.27. The van der Waals surface area contributed by atoms with Crippen LogP contribution in [0.15, 0.2) is 59.0 Å². The van der Waals surface area contributed by atoms with Crippen molar-refractivity contribution >= 4 is 6.29 Å². The molecule has 0 atom stereocenters. The molecule has 0 aliphatic carbocycles. The number of benzene rings is 2. The van der Waals surface area contributed by atoms with E-state index in [4.69, 9.17) is 9.15 Å². The van der Waals surface area contributed by atoms with E-state index >= 15 is 0 Å². The first-order valence-corrected chi connectivity index (χ1v) is 7.46. The lowest BCUT2D eigenvalue weighted by molar-refractivity contribution is 0.112. The molecule has 0 aliphatic heterocycles. The lowest BCUT2D eigenvalue weighted by atomic mass is 10.2. The van der Waals surface area contributed by atoms with E-state index in [1.165, 1.54) is 0 Å². The average molecular weight is 307 g/mol. The third-order valence-electron chi connectivity index (χ3n) is 3.54. The Morgan fingerprint density at radius 2 is 1.83 bits per heavy atom. The molecule has 3 aromatic rings. The van der Waals surface area contributed by atoms with Crippen molar-refractivity contribution in [1.29, 1.82) is 0 Å². The molecule has 0 saturated heterocycles. The second kappa shape index (κ2) is 6.92. The number of rotatable bonds is 6. The van der Waals surface area contributed by atoms with Crippen LogP contribution in [0.4, 0.5) is 0 Å². The second-order valence-electron chi connectivity index (χ2n) is 5.17. The molecule has 0 radical (unpaired) electrons. The van der Waals surface area contributed by atoms with Gasteiger partial charge in [-0.15, -0.1) is 0 Å². The van der Waals surface area contributed by atoms with Gasteiger partial charge in [-0.05, 0) is 43.3 Å². The Bertz CT molecular complexity index is 776. The highest BCUT2D eigenvalue weighted by molar-refractivity contribution is 5.74. The molecule has 4 heteroatoms. The van der Waals surface area contributed by atoms with E-state index < -0.39 is 0 Å². The van der Waals surface area contributed by atoms with E-state index in [2.05, 4.69) is 4.98 Å². The summed E-state index contributed by atoms with van der Waals surface area (Å²) in [6, 6.07) is 16.9. The van der Waals surface area contributed by atoms with Gasteiger partial charge in [0.2, 0.25) is 5.89 Å². The first-order chi connectivity index (χ1) is 11.3. The van der Waals surface area contributed by atoms with Gasteiger partial charge in [0.15, 0.2) is 0 Å². The molecule has 1 heterocycles. The van der Waals surface area contributed by atoms with Gasteiger partial charge in [-0.3, -0.25) is 4.79 Å². The number of oxazole rings is 1. The summed E-state index contributed by atoms with van der Waals surface area (Å²) < 4.78 is 11.4. The van der Waals surface area contributed by atoms with Crippen molar-refractivity contribution in [3.05, 3.63) is 71.6 Å². The largest absolute Gasteiger partial charge is 0.493 e. The van der Waals surface area contributed by atoms with Gasteiger partial charge < -0.3 is 9.15 Å².